The molecule has 3 N–H and O–H groups in total. The van der Waals surface area contributed by atoms with Crippen molar-refractivity contribution in [2.24, 2.45) is 17.6 Å². The average Bonchev–Trinajstić information content (AvgIpc) is 2.29. The second kappa shape index (κ2) is 6.53. The number of hydrogen-bond acceptors (Lipinski definition) is 3. The highest BCUT2D eigenvalue weighted by Gasteiger charge is 2.28. The topological polar surface area (TPSA) is 72.5 Å². The van der Waals surface area contributed by atoms with Crippen LogP contribution in [-0.2, 0) is 9.53 Å². The van der Waals surface area contributed by atoms with Gasteiger partial charge in [-0.3, -0.25) is 4.79 Å². The first kappa shape index (κ1) is 15.4. The monoisotopic (exact) mass is 257 g/mol. The summed E-state index contributed by atoms with van der Waals surface area (Å²) in [6.45, 7) is 6.75. The lowest BCUT2D eigenvalue weighted by molar-refractivity contribution is -0.143. The maximum absolute atomic E-state index is 10.8. The van der Waals surface area contributed by atoms with Gasteiger partial charge in [-0.2, -0.15) is 0 Å². The molecule has 4 unspecified atom stereocenters. The van der Waals surface area contributed by atoms with E-state index in [9.17, 15) is 4.79 Å². The van der Waals surface area contributed by atoms with E-state index in [1.807, 2.05) is 0 Å². The molecule has 0 aromatic heterocycles. The average molecular weight is 257 g/mol. The summed E-state index contributed by atoms with van der Waals surface area (Å²) in [7, 11) is 0. The molecule has 1 aliphatic carbocycles. The molecule has 0 bridgehead atoms. The third-order valence-electron chi connectivity index (χ3n) is 4.23. The normalized spacial score (nSPS) is 31.9. The Labute approximate surface area is 110 Å². The molecule has 1 aliphatic rings. The van der Waals surface area contributed by atoms with Crippen molar-refractivity contribution in [3.8, 4) is 0 Å². The second-order valence-corrected chi connectivity index (χ2v) is 6.09. The maximum Gasteiger partial charge on any atom is 0.323 e. The zero-order valence-electron chi connectivity index (χ0n) is 11.8. The molecular weight excluding hydrogens is 230 g/mol. The van der Waals surface area contributed by atoms with Crippen LogP contribution in [0.5, 0.6) is 0 Å². The molecule has 0 saturated heterocycles. The molecule has 106 valence electrons. The fourth-order valence-corrected chi connectivity index (χ4v) is 2.45. The summed E-state index contributed by atoms with van der Waals surface area (Å²) in [5.41, 5.74) is 4.54. The highest BCUT2D eigenvalue weighted by atomic mass is 16.5. The summed E-state index contributed by atoms with van der Waals surface area (Å²) in [4.78, 5) is 10.8. The minimum atomic E-state index is -1.13. The van der Waals surface area contributed by atoms with E-state index in [1.165, 1.54) is 6.42 Å². The Morgan fingerprint density at radius 3 is 2.61 bits per heavy atom. The molecular formula is C14H27NO3. The molecule has 18 heavy (non-hydrogen) atoms. The van der Waals surface area contributed by atoms with Crippen LogP contribution in [0.1, 0.15) is 52.9 Å². The summed E-state index contributed by atoms with van der Waals surface area (Å²) in [6, 6.07) is 0. The van der Waals surface area contributed by atoms with Crippen LogP contribution in [0.3, 0.4) is 0 Å². The van der Waals surface area contributed by atoms with Crippen LogP contribution in [0.25, 0.3) is 0 Å². The van der Waals surface area contributed by atoms with E-state index in [-0.39, 0.29) is 0 Å². The van der Waals surface area contributed by atoms with E-state index >= 15 is 0 Å². The number of nitrogens with two attached hydrogens (primary N) is 1. The number of aliphatic carboxylic acids is 1. The molecule has 0 radical (unpaired) electrons. The lowest BCUT2D eigenvalue weighted by atomic mass is 9.80. The fraction of sp³-hybridized carbons (Fsp3) is 0.929. The summed E-state index contributed by atoms with van der Waals surface area (Å²) in [5, 5.41) is 8.89. The van der Waals surface area contributed by atoms with Gasteiger partial charge in [-0.1, -0.05) is 13.8 Å². The molecule has 4 heteroatoms. The Kier molecular flexibility index (Phi) is 5.60. The molecule has 1 fully saturated rings. The minimum absolute atomic E-state index is 0.352. The molecule has 0 spiro atoms. The van der Waals surface area contributed by atoms with Crippen LogP contribution < -0.4 is 5.73 Å². The first-order valence-electron chi connectivity index (χ1n) is 6.97. The number of carbonyl (C=O) groups is 1. The molecule has 0 aliphatic heterocycles. The van der Waals surface area contributed by atoms with Gasteiger partial charge in [-0.25, -0.2) is 0 Å². The van der Waals surface area contributed by atoms with Crippen LogP contribution in [0.4, 0.5) is 0 Å². The van der Waals surface area contributed by atoms with Gasteiger partial charge in [0.1, 0.15) is 5.54 Å². The predicted molar refractivity (Wildman–Crippen MR) is 71.4 cm³/mol. The Morgan fingerprint density at radius 1 is 1.39 bits per heavy atom. The molecule has 1 saturated carbocycles. The lowest BCUT2D eigenvalue weighted by Gasteiger charge is -2.32. The Bertz CT molecular complexity index is 278. The van der Waals surface area contributed by atoms with E-state index in [0.717, 1.165) is 24.7 Å². The van der Waals surface area contributed by atoms with Crippen LogP contribution in [0.15, 0.2) is 0 Å². The third kappa shape index (κ3) is 4.58. The summed E-state index contributed by atoms with van der Waals surface area (Å²) in [6.07, 6.45) is 5.01. The summed E-state index contributed by atoms with van der Waals surface area (Å²) < 4.78 is 5.83. The smallest absolute Gasteiger partial charge is 0.323 e. The SMILES string of the molecule is CC1CCC(OCCCC(C)(N)C(=O)O)CC1C. The molecule has 0 heterocycles. The number of rotatable bonds is 6. The Balaban J connectivity index is 2.17. The van der Waals surface area contributed by atoms with Crippen molar-refractivity contribution in [3.05, 3.63) is 0 Å². The van der Waals surface area contributed by atoms with Gasteiger partial charge < -0.3 is 15.6 Å². The maximum atomic E-state index is 10.8. The van der Waals surface area contributed by atoms with E-state index in [0.29, 0.717) is 25.6 Å². The van der Waals surface area contributed by atoms with Crippen molar-refractivity contribution in [2.45, 2.75) is 64.5 Å². The van der Waals surface area contributed by atoms with Crippen molar-refractivity contribution in [1.29, 1.82) is 0 Å². The van der Waals surface area contributed by atoms with Gasteiger partial charge >= 0.3 is 5.97 Å². The zero-order chi connectivity index (χ0) is 13.8. The van der Waals surface area contributed by atoms with Gasteiger partial charge in [0.15, 0.2) is 0 Å². The van der Waals surface area contributed by atoms with Gasteiger partial charge in [-0.05, 0) is 50.9 Å². The van der Waals surface area contributed by atoms with Crippen LogP contribution in [0.2, 0.25) is 0 Å². The van der Waals surface area contributed by atoms with Crippen molar-refractivity contribution in [3.63, 3.8) is 0 Å². The predicted octanol–water partition coefficient (Wildman–Crippen LogP) is 2.41. The van der Waals surface area contributed by atoms with Gasteiger partial charge in [0, 0.05) is 6.61 Å². The van der Waals surface area contributed by atoms with Gasteiger partial charge in [0.05, 0.1) is 6.10 Å². The highest BCUT2D eigenvalue weighted by Crippen LogP contribution is 2.31. The first-order chi connectivity index (χ1) is 8.33. The molecule has 4 atom stereocenters. The first-order valence-corrected chi connectivity index (χ1v) is 6.97. The van der Waals surface area contributed by atoms with Crippen molar-refractivity contribution in [2.75, 3.05) is 6.61 Å². The Morgan fingerprint density at radius 2 is 2.06 bits per heavy atom. The van der Waals surface area contributed by atoms with Crippen LogP contribution in [-0.4, -0.2) is 29.3 Å². The number of hydrogen-bond donors (Lipinski definition) is 2. The number of carboxylic acids is 1. The standard InChI is InChI=1S/C14H27NO3/c1-10-5-6-12(9-11(10)2)18-8-4-7-14(3,15)13(16)17/h10-12H,4-9,15H2,1-3H3,(H,16,17). The molecule has 0 aromatic carbocycles. The van der Waals surface area contributed by atoms with Crippen LogP contribution >= 0.6 is 0 Å². The third-order valence-corrected chi connectivity index (χ3v) is 4.23. The van der Waals surface area contributed by atoms with Gasteiger partial charge in [0.25, 0.3) is 0 Å². The molecule has 4 nitrogen and oxygen atoms in total. The van der Waals surface area contributed by atoms with E-state index in [2.05, 4.69) is 13.8 Å². The second-order valence-electron chi connectivity index (χ2n) is 6.09. The largest absolute Gasteiger partial charge is 0.480 e. The van der Waals surface area contributed by atoms with E-state index < -0.39 is 11.5 Å². The fourth-order valence-electron chi connectivity index (χ4n) is 2.45. The van der Waals surface area contributed by atoms with Gasteiger partial charge in [0.2, 0.25) is 0 Å². The van der Waals surface area contributed by atoms with E-state index in [4.69, 9.17) is 15.6 Å². The van der Waals surface area contributed by atoms with Crippen molar-refractivity contribution in [1.82, 2.24) is 0 Å². The number of carboxylic acid groups (broad SMARTS) is 1. The zero-order valence-corrected chi connectivity index (χ0v) is 11.8. The highest BCUT2D eigenvalue weighted by molar-refractivity contribution is 5.77. The van der Waals surface area contributed by atoms with E-state index in [1.54, 1.807) is 6.92 Å². The summed E-state index contributed by atoms with van der Waals surface area (Å²) >= 11 is 0. The summed E-state index contributed by atoms with van der Waals surface area (Å²) in [5.74, 6) is 0.578. The van der Waals surface area contributed by atoms with Crippen LogP contribution in [0, 0.1) is 11.8 Å². The van der Waals surface area contributed by atoms with Crippen molar-refractivity contribution < 1.29 is 14.6 Å². The Hall–Kier alpha value is -0.610. The molecule has 0 amide bonds. The lowest BCUT2D eigenvalue weighted by Crippen LogP contribution is -2.44. The number of ether oxygens (including phenoxy) is 1. The minimum Gasteiger partial charge on any atom is -0.480 e. The van der Waals surface area contributed by atoms with Crippen molar-refractivity contribution >= 4 is 5.97 Å². The molecule has 0 aromatic rings. The quantitative estimate of drug-likeness (QED) is 0.717. The molecule has 1 rings (SSSR count). The van der Waals surface area contributed by atoms with Gasteiger partial charge in [-0.15, -0.1) is 0 Å².